The Labute approximate surface area is 189 Å². The molecule has 0 bridgehead atoms. The Kier molecular flexibility index (Phi) is 8.17. The van der Waals surface area contributed by atoms with Crippen LogP contribution in [-0.2, 0) is 17.9 Å². The van der Waals surface area contributed by atoms with Crippen LogP contribution in [0.3, 0.4) is 0 Å². The molecular formula is C25H31N5O2. The van der Waals surface area contributed by atoms with Gasteiger partial charge in [-0.1, -0.05) is 60.2 Å². The van der Waals surface area contributed by atoms with Crippen LogP contribution in [0.2, 0.25) is 0 Å². The van der Waals surface area contributed by atoms with Gasteiger partial charge in [-0.2, -0.15) is 0 Å². The predicted octanol–water partition coefficient (Wildman–Crippen LogP) is 4.06. The van der Waals surface area contributed by atoms with Crippen LogP contribution >= 0.6 is 0 Å². The summed E-state index contributed by atoms with van der Waals surface area (Å²) in [6.45, 7) is 3.51. The van der Waals surface area contributed by atoms with Crippen molar-refractivity contribution >= 4 is 5.95 Å². The molecule has 1 unspecified atom stereocenters. The highest BCUT2D eigenvalue weighted by Gasteiger charge is 2.17. The third-order valence-corrected chi connectivity index (χ3v) is 5.94. The molecule has 1 aromatic heterocycles. The van der Waals surface area contributed by atoms with E-state index in [1.165, 1.54) is 23.1 Å². The van der Waals surface area contributed by atoms with Crippen molar-refractivity contribution < 1.29 is 10.0 Å². The molecule has 3 N–H and O–H groups in total. The summed E-state index contributed by atoms with van der Waals surface area (Å²) in [5.41, 5.74) is 6.37. The first-order valence-electron chi connectivity index (χ1n) is 11.3. The Hall–Kier alpha value is -2.84. The van der Waals surface area contributed by atoms with E-state index in [4.69, 9.17) is 10.0 Å². The molecule has 168 valence electrons. The van der Waals surface area contributed by atoms with Gasteiger partial charge in [0.25, 0.3) is 0 Å². The lowest BCUT2D eigenvalue weighted by Gasteiger charge is -2.20. The maximum atomic E-state index is 8.47. The second-order valence-corrected chi connectivity index (χ2v) is 8.22. The lowest BCUT2D eigenvalue weighted by atomic mass is 10.0. The molecule has 0 radical (unpaired) electrons. The van der Waals surface area contributed by atoms with E-state index in [0.29, 0.717) is 12.0 Å². The molecule has 1 atom stereocenters. The number of likely N-dealkylation sites (tertiary alicyclic amines) is 1. The zero-order chi connectivity index (χ0) is 22.0. The first-order chi connectivity index (χ1) is 15.8. The van der Waals surface area contributed by atoms with Crippen molar-refractivity contribution in [3.63, 3.8) is 0 Å². The number of nitrogens with zero attached hydrogens (tertiary/aromatic N) is 3. The van der Waals surface area contributed by atoms with Crippen molar-refractivity contribution in [2.45, 2.75) is 38.3 Å². The van der Waals surface area contributed by atoms with E-state index in [1.807, 2.05) is 0 Å². The Balaban J connectivity index is 1.22. The van der Waals surface area contributed by atoms with Crippen LogP contribution in [0.25, 0.3) is 11.1 Å². The minimum Gasteiger partial charge on any atom is -0.351 e. The van der Waals surface area contributed by atoms with Crippen LogP contribution < -0.4 is 11.0 Å². The fourth-order valence-corrected chi connectivity index (χ4v) is 4.11. The monoisotopic (exact) mass is 433 g/mol. The van der Waals surface area contributed by atoms with E-state index < -0.39 is 0 Å². The largest absolute Gasteiger partial charge is 0.351 e. The van der Waals surface area contributed by atoms with Crippen molar-refractivity contribution in [3.8, 4) is 11.1 Å². The molecule has 7 nitrogen and oxygen atoms in total. The second kappa shape index (κ2) is 11.7. The zero-order valence-corrected chi connectivity index (χ0v) is 18.3. The third-order valence-electron chi connectivity index (χ3n) is 5.94. The molecule has 1 aliphatic heterocycles. The zero-order valence-electron chi connectivity index (χ0n) is 18.3. The number of nitrogens with one attached hydrogen (secondary N) is 2. The summed E-state index contributed by atoms with van der Waals surface area (Å²) in [7, 11) is 0. The fraction of sp³-hybridized carbons (Fsp3) is 0.360. The average Bonchev–Trinajstić information content (AvgIpc) is 3.08. The molecule has 4 rings (SSSR count). The normalized spacial score (nSPS) is 17.1. The summed E-state index contributed by atoms with van der Waals surface area (Å²) in [6.07, 6.45) is 7.85. The average molecular weight is 434 g/mol. The van der Waals surface area contributed by atoms with Crippen LogP contribution in [0, 0.1) is 0 Å². The van der Waals surface area contributed by atoms with E-state index >= 15 is 0 Å². The predicted molar refractivity (Wildman–Crippen MR) is 125 cm³/mol. The van der Waals surface area contributed by atoms with E-state index in [1.54, 1.807) is 18.0 Å². The van der Waals surface area contributed by atoms with E-state index in [-0.39, 0.29) is 6.61 Å². The molecule has 2 aromatic carbocycles. The SMILES string of the molecule is ONOCc1cnc(NC2CCCN(CCc3ccc(-c4ccccc4)cc3)CC2)nc1. The molecule has 3 aromatic rings. The van der Waals surface area contributed by atoms with Gasteiger partial charge in [0.2, 0.25) is 5.95 Å². The van der Waals surface area contributed by atoms with Crippen LogP contribution in [0.5, 0.6) is 0 Å². The molecular weight excluding hydrogens is 402 g/mol. The smallest absolute Gasteiger partial charge is 0.222 e. The summed E-state index contributed by atoms with van der Waals surface area (Å²) < 4.78 is 0. The minimum absolute atomic E-state index is 0.212. The van der Waals surface area contributed by atoms with Crippen molar-refractivity contribution in [3.05, 3.63) is 78.1 Å². The maximum Gasteiger partial charge on any atom is 0.222 e. The first kappa shape index (κ1) is 22.4. The topological polar surface area (TPSA) is 82.5 Å². The number of aromatic nitrogens is 2. The summed E-state index contributed by atoms with van der Waals surface area (Å²) >= 11 is 0. The number of hydrogen-bond donors (Lipinski definition) is 3. The molecule has 1 aliphatic rings. The molecule has 1 saturated heterocycles. The number of hydrogen-bond acceptors (Lipinski definition) is 7. The Bertz CT molecular complexity index is 935. The van der Waals surface area contributed by atoms with Gasteiger partial charge >= 0.3 is 0 Å². The van der Waals surface area contributed by atoms with Gasteiger partial charge in [-0.25, -0.2) is 9.97 Å². The van der Waals surface area contributed by atoms with Gasteiger partial charge in [0, 0.05) is 37.1 Å². The lowest BCUT2D eigenvalue weighted by Crippen LogP contribution is -2.28. The van der Waals surface area contributed by atoms with Crippen LogP contribution in [0.15, 0.2) is 67.0 Å². The third kappa shape index (κ3) is 6.58. The highest BCUT2D eigenvalue weighted by Crippen LogP contribution is 2.20. The summed E-state index contributed by atoms with van der Waals surface area (Å²) in [4.78, 5) is 16.0. The van der Waals surface area contributed by atoms with Crippen molar-refractivity contribution in [2.24, 2.45) is 0 Å². The molecule has 0 aliphatic carbocycles. The first-order valence-corrected chi connectivity index (χ1v) is 11.3. The molecule has 0 saturated carbocycles. The lowest BCUT2D eigenvalue weighted by molar-refractivity contribution is -0.135. The Morgan fingerprint density at radius 2 is 1.66 bits per heavy atom. The van der Waals surface area contributed by atoms with Crippen molar-refractivity contribution in [2.75, 3.05) is 25.0 Å². The molecule has 2 heterocycles. The molecule has 1 fully saturated rings. The van der Waals surface area contributed by atoms with Gasteiger partial charge in [-0.3, -0.25) is 10.0 Å². The molecule has 0 spiro atoms. The highest BCUT2D eigenvalue weighted by atomic mass is 16.8. The molecule has 32 heavy (non-hydrogen) atoms. The quantitative estimate of drug-likeness (QED) is 0.439. The van der Waals surface area contributed by atoms with E-state index in [9.17, 15) is 0 Å². The summed E-state index contributed by atoms with van der Waals surface area (Å²) in [5, 5.41) is 11.9. The number of anilines is 1. The van der Waals surface area contributed by atoms with Gasteiger partial charge in [-0.15, -0.1) is 0 Å². The van der Waals surface area contributed by atoms with Crippen molar-refractivity contribution in [1.29, 1.82) is 0 Å². The van der Waals surface area contributed by atoms with Gasteiger partial charge < -0.3 is 10.2 Å². The van der Waals surface area contributed by atoms with Crippen LogP contribution in [0.4, 0.5) is 5.95 Å². The highest BCUT2D eigenvalue weighted by molar-refractivity contribution is 5.63. The molecule has 0 amide bonds. The van der Waals surface area contributed by atoms with Gasteiger partial charge in [0.15, 0.2) is 0 Å². The molecule has 7 heteroatoms. The van der Waals surface area contributed by atoms with Crippen LogP contribution in [-0.4, -0.2) is 45.8 Å². The van der Waals surface area contributed by atoms with Crippen molar-refractivity contribution in [1.82, 2.24) is 20.5 Å². The summed E-state index contributed by atoms with van der Waals surface area (Å²) in [5.74, 6) is 0.641. The number of rotatable bonds is 9. The maximum absolute atomic E-state index is 8.47. The van der Waals surface area contributed by atoms with Gasteiger partial charge in [0.05, 0.1) is 6.61 Å². The van der Waals surface area contributed by atoms with Gasteiger partial charge in [-0.05, 0) is 48.9 Å². The van der Waals surface area contributed by atoms with Gasteiger partial charge in [0.1, 0.15) is 0 Å². The minimum atomic E-state index is 0.212. The Morgan fingerprint density at radius 1 is 0.906 bits per heavy atom. The number of benzene rings is 2. The van der Waals surface area contributed by atoms with Crippen LogP contribution in [0.1, 0.15) is 30.4 Å². The van der Waals surface area contributed by atoms with E-state index in [2.05, 4.69) is 74.8 Å². The standard InChI is InChI=1S/C25H31N5O2/c31-29-32-19-21-17-26-25(27-18-21)28-24-7-4-14-30(16-13-24)15-12-20-8-10-23(11-9-20)22-5-2-1-3-6-22/h1-3,5-6,8-11,17-18,24,29,31H,4,7,12-16,19H2,(H,26,27,28). The Morgan fingerprint density at radius 3 is 2.41 bits per heavy atom. The second-order valence-electron chi connectivity index (χ2n) is 8.22. The van der Waals surface area contributed by atoms with E-state index in [0.717, 1.165) is 44.5 Å². The summed E-state index contributed by atoms with van der Waals surface area (Å²) in [6, 6.07) is 19.9. The fourth-order valence-electron chi connectivity index (χ4n) is 4.11.